The van der Waals surface area contributed by atoms with Gasteiger partial charge in [0.25, 0.3) is 0 Å². The quantitative estimate of drug-likeness (QED) is 0.897. The number of hydrogen-bond acceptors (Lipinski definition) is 4. The number of aryl methyl sites for hydroxylation is 1. The highest BCUT2D eigenvalue weighted by molar-refractivity contribution is 7.11. The van der Waals surface area contributed by atoms with Crippen LogP contribution in [0.4, 0.5) is 0 Å². The van der Waals surface area contributed by atoms with Crippen LogP contribution in [0.5, 0.6) is 0 Å². The van der Waals surface area contributed by atoms with E-state index < -0.39 is 0 Å². The van der Waals surface area contributed by atoms with Gasteiger partial charge in [0.05, 0.1) is 11.5 Å². The average Bonchev–Trinajstić information content (AvgIpc) is 2.86. The minimum Gasteiger partial charge on any atom is -0.347 e. The summed E-state index contributed by atoms with van der Waals surface area (Å²) in [6, 6.07) is -0.0380. The van der Waals surface area contributed by atoms with E-state index in [1.165, 1.54) is 4.88 Å². The van der Waals surface area contributed by atoms with Crippen molar-refractivity contribution in [2.75, 3.05) is 6.54 Å². The lowest BCUT2D eigenvalue weighted by Crippen LogP contribution is -2.48. The van der Waals surface area contributed by atoms with Crippen LogP contribution in [0, 0.1) is 18.3 Å². The number of rotatable bonds is 4. The Morgan fingerprint density at radius 1 is 1.60 bits per heavy atom. The summed E-state index contributed by atoms with van der Waals surface area (Å²) in [6.45, 7) is 6.71. The van der Waals surface area contributed by atoms with Gasteiger partial charge in [-0.2, -0.15) is 0 Å². The molecule has 1 amide bonds. The molecule has 112 valence electrons. The van der Waals surface area contributed by atoms with E-state index in [-0.39, 0.29) is 17.4 Å². The van der Waals surface area contributed by atoms with Crippen molar-refractivity contribution in [1.29, 1.82) is 0 Å². The number of amides is 1. The SMILES string of the molecule is Cc1cnc(C(C)NC(=O)C2(CN)CCC(C)CC2)s1. The van der Waals surface area contributed by atoms with Gasteiger partial charge in [0.15, 0.2) is 0 Å². The monoisotopic (exact) mass is 295 g/mol. The Kier molecular flexibility index (Phi) is 4.81. The van der Waals surface area contributed by atoms with Gasteiger partial charge in [-0.25, -0.2) is 4.98 Å². The Morgan fingerprint density at radius 3 is 2.75 bits per heavy atom. The maximum Gasteiger partial charge on any atom is 0.228 e. The lowest BCUT2D eigenvalue weighted by Gasteiger charge is -2.37. The third-order valence-electron chi connectivity index (χ3n) is 4.46. The third-order valence-corrected chi connectivity index (χ3v) is 5.56. The molecule has 0 spiro atoms. The molecule has 2 rings (SSSR count). The van der Waals surface area contributed by atoms with Crippen LogP contribution in [0.3, 0.4) is 0 Å². The normalized spacial score (nSPS) is 28.1. The van der Waals surface area contributed by atoms with E-state index in [1.54, 1.807) is 11.3 Å². The predicted molar refractivity (Wildman–Crippen MR) is 82.5 cm³/mol. The topological polar surface area (TPSA) is 68.0 Å². The summed E-state index contributed by atoms with van der Waals surface area (Å²) in [5, 5.41) is 4.08. The molecule has 0 saturated heterocycles. The van der Waals surface area contributed by atoms with Gasteiger partial charge in [-0.3, -0.25) is 4.79 Å². The first kappa shape index (κ1) is 15.4. The highest BCUT2D eigenvalue weighted by Crippen LogP contribution is 2.38. The molecule has 5 heteroatoms. The Hall–Kier alpha value is -0.940. The molecule has 4 nitrogen and oxygen atoms in total. The first-order chi connectivity index (χ1) is 9.47. The molecule has 1 aromatic heterocycles. The number of hydrogen-bond donors (Lipinski definition) is 2. The highest BCUT2D eigenvalue weighted by atomic mass is 32.1. The summed E-state index contributed by atoms with van der Waals surface area (Å²) < 4.78 is 0. The van der Waals surface area contributed by atoms with Crippen LogP contribution >= 0.6 is 11.3 Å². The molecule has 1 aliphatic carbocycles. The summed E-state index contributed by atoms with van der Waals surface area (Å²) in [7, 11) is 0. The zero-order valence-electron chi connectivity index (χ0n) is 12.6. The Labute approximate surface area is 125 Å². The van der Waals surface area contributed by atoms with Crippen LogP contribution in [0.25, 0.3) is 0 Å². The molecule has 20 heavy (non-hydrogen) atoms. The second kappa shape index (κ2) is 6.22. The lowest BCUT2D eigenvalue weighted by atomic mass is 9.70. The standard InChI is InChI=1S/C15H25N3OS/c1-10-4-6-15(9-16,7-5-10)14(19)18-12(3)13-17-8-11(2)20-13/h8,10,12H,4-7,9,16H2,1-3H3,(H,18,19). The van der Waals surface area contributed by atoms with Crippen LogP contribution in [0.2, 0.25) is 0 Å². The molecule has 0 aromatic carbocycles. The number of carbonyl (C=O) groups excluding carboxylic acids is 1. The molecule has 1 aliphatic rings. The van der Waals surface area contributed by atoms with Crippen molar-refractivity contribution in [3.8, 4) is 0 Å². The highest BCUT2D eigenvalue weighted by Gasteiger charge is 2.40. The van der Waals surface area contributed by atoms with Crippen LogP contribution in [0.15, 0.2) is 6.20 Å². The Bertz CT molecular complexity index is 463. The van der Waals surface area contributed by atoms with Crippen molar-refractivity contribution in [3.05, 3.63) is 16.1 Å². The average molecular weight is 295 g/mol. The summed E-state index contributed by atoms with van der Waals surface area (Å²) in [6.07, 6.45) is 5.84. The fourth-order valence-electron chi connectivity index (χ4n) is 2.82. The molecule has 1 heterocycles. The van der Waals surface area contributed by atoms with Gasteiger partial charge in [-0.15, -0.1) is 11.3 Å². The number of nitrogens with two attached hydrogens (primary N) is 1. The number of thiazole rings is 1. The molecular formula is C15H25N3OS. The molecule has 0 aliphatic heterocycles. The fraction of sp³-hybridized carbons (Fsp3) is 0.733. The summed E-state index contributed by atoms with van der Waals surface area (Å²) in [5.74, 6) is 0.814. The zero-order chi connectivity index (χ0) is 14.8. The van der Waals surface area contributed by atoms with Crippen LogP contribution in [0.1, 0.15) is 55.5 Å². The van der Waals surface area contributed by atoms with Crippen molar-refractivity contribution in [3.63, 3.8) is 0 Å². The molecule has 1 saturated carbocycles. The molecule has 1 unspecified atom stereocenters. The molecule has 1 atom stereocenters. The fourth-order valence-corrected chi connectivity index (χ4v) is 3.60. The molecular weight excluding hydrogens is 270 g/mol. The van der Waals surface area contributed by atoms with Crippen molar-refractivity contribution in [1.82, 2.24) is 10.3 Å². The van der Waals surface area contributed by atoms with Crippen LogP contribution in [-0.4, -0.2) is 17.4 Å². The van der Waals surface area contributed by atoms with Gasteiger partial charge in [0.2, 0.25) is 5.91 Å². The molecule has 0 radical (unpaired) electrons. The van der Waals surface area contributed by atoms with Crippen molar-refractivity contribution in [2.24, 2.45) is 17.1 Å². The van der Waals surface area contributed by atoms with E-state index in [9.17, 15) is 4.79 Å². The predicted octanol–water partition coefficient (Wildman–Crippen LogP) is 2.78. The molecule has 1 fully saturated rings. The maximum absolute atomic E-state index is 12.6. The van der Waals surface area contributed by atoms with E-state index >= 15 is 0 Å². The lowest BCUT2D eigenvalue weighted by molar-refractivity contribution is -0.133. The Morgan fingerprint density at radius 2 is 2.25 bits per heavy atom. The van der Waals surface area contributed by atoms with Gasteiger partial charge in [0, 0.05) is 17.6 Å². The maximum atomic E-state index is 12.6. The van der Waals surface area contributed by atoms with E-state index in [2.05, 4.69) is 17.2 Å². The van der Waals surface area contributed by atoms with E-state index in [0.29, 0.717) is 12.5 Å². The van der Waals surface area contributed by atoms with Crippen LogP contribution < -0.4 is 11.1 Å². The zero-order valence-corrected chi connectivity index (χ0v) is 13.4. The first-order valence-electron chi connectivity index (χ1n) is 7.40. The van der Waals surface area contributed by atoms with Crippen molar-refractivity contribution < 1.29 is 4.79 Å². The van der Waals surface area contributed by atoms with E-state index in [4.69, 9.17) is 5.73 Å². The number of carbonyl (C=O) groups is 1. The third kappa shape index (κ3) is 3.20. The van der Waals surface area contributed by atoms with E-state index in [0.717, 1.165) is 30.7 Å². The van der Waals surface area contributed by atoms with Gasteiger partial charge < -0.3 is 11.1 Å². The largest absolute Gasteiger partial charge is 0.347 e. The number of nitrogens with one attached hydrogen (secondary N) is 1. The summed E-state index contributed by atoms with van der Waals surface area (Å²) in [4.78, 5) is 18.1. The minimum atomic E-state index is -0.368. The smallest absolute Gasteiger partial charge is 0.228 e. The first-order valence-corrected chi connectivity index (χ1v) is 8.22. The number of nitrogens with zero attached hydrogens (tertiary/aromatic N) is 1. The Balaban J connectivity index is 2.02. The minimum absolute atomic E-state index is 0.0380. The molecule has 0 bridgehead atoms. The number of aromatic nitrogens is 1. The summed E-state index contributed by atoms with van der Waals surface area (Å²) >= 11 is 1.63. The second-order valence-corrected chi connectivity index (χ2v) is 7.44. The molecule has 3 N–H and O–H groups in total. The van der Waals surface area contributed by atoms with Gasteiger partial charge in [0.1, 0.15) is 5.01 Å². The van der Waals surface area contributed by atoms with Crippen molar-refractivity contribution >= 4 is 17.2 Å². The van der Waals surface area contributed by atoms with Crippen LogP contribution in [-0.2, 0) is 4.79 Å². The summed E-state index contributed by atoms with van der Waals surface area (Å²) in [5.41, 5.74) is 5.56. The van der Waals surface area contributed by atoms with E-state index in [1.807, 2.05) is 20.0 Å². The second-order valence-electron chi connectivity index (χ2n) is 6.17. The molecule has 1 aromatic rings. The van der Waals surface area contributed by atoms with Gasteiger partial charge >= 0.3 is 0 Å². The van der Waals surface area contributed by atoms with Gasteiger partial charge in [-0.1, -0.05) is 6.92 Å². The van der Waals surface area contributed by atoms with Crippen molar-refractivity contribution in [2.45, 2.75) is 52.5 Å². The van der Waals surface area contributed by atoms with Gasteiger partial charge in [-0.05, 0) is 45.4 Å².